The molecule has 2 saturated heterocycles. The molecule has 0 saturated carbocycles. The minimum atomic E-state index is -0.217. The molecule has 2 fully saturated rings. The van der Waals surface area contributed by atoms with Gasteiger partial charge in [0, 0.05) is 50.0 Å². The second-order valence-electron chi connectivity index (χ2n) is 7.41. The average molecular weight is 414 g/mol. The van der Waals surface area contributed by atoms with Gasteiger partial charge in [-0.3, -0.25) is 4.90 Å². The van der Waals surface area contributed by atoms with Gasteiger partial charge in [0.15, 0.2) is 5.82 Å². The van der Waals surface area contributed by atoms with E-state index in [-0.39, 0.29) is 12.1 Å². The van der Waals surface area contributed by atoms with Crippen LogP contribution in [0.1, 0.15) is 11.3 Å². The molecule has 1 atom stereocenters. The lowest BCUT2D eigenvalue weighted by Gasteiger charge is -2.28. The summed E-state index contributed by atoms with van der Waals surface area (Å²) in [4.78, 5) is 24.6. The number of aliphatic hydroxyl groups excluding tert-OH is 1. The quantitative estimate of drug-likeness (QED) is 0.650. The molecular weight excluding hydrogens is 390 g/mol. The van der Waals surface area contributed by atoms with Gasteiger partial charge in [0.25, 0.3) is 0 Å². The summed E-state index contributed by atoms with van der Waals surface area (Å²) in [6.45, 7) is 5.44. The highest BCUT2D eigenvalue weighted by Gasteiger charge is 2.23. The van der Waals surface area contributed by atoms with Gasteiger partial charge in [0.05, 0.1) is 30.3 Å². The van der Waals surface area contributed by atoms with Gasteiger partial charge in [-0.15, -0.1) is 11.3 Å². The highest BCUT2D eigenvalue weighted by atomic mass is 32.1. The van der Waals surface area contributed by atoms with Gasteiger partial charge < -0.3 is 20.5 Å². The van der Waals surface area contributed by atoms with Crippen LogP contribution < -0.4 is 10.6 Å². The highest BCUT2D eigenvalue weighted by molar-refractivity contribution is 7.18. The predicted molar refractivity (Wildman–Crippen MR) is 112 cm³/mol. The van der Waals surface area contributed by atoms with Crippen LogP contribution in [0, 0.1) is 0 Å². The largest absolute Gasteiger partial charge is 0.392 e. The zero-order chi connectivity index (χ0) is 19.8. The summed E-state index contributed by atoms with van der Waals surface area (Å²) in [5.41, 5.74) is 6.37. The molecule has 152 valence electrons. The number of aromatic nitrogens is 4. The first-order valence-electron chi connectivity index (χ1n) is 9.77. The van der Waals surface area contributed by atoms with Crippen LogP contribution in [0.3, 0.4) is 0 Å². The third kappa shape index (κ3) is 3.88. The first kappa shape index (κ1) is 18.6. The normalized spacial score (nSPS) is 20.6. The molecule has 2 aliphatic rings. The van der Waals surface area contributed by atoms with Crippen molar-refractivity contribution in [2.24, 2.45) is 0 Å². The van der Waals surface area contributed by atoms with E-state index in [2.05, 4.69) is 25.8 Å². The topological polar surface area (TPSA) is 114 Å². The number of hydrogen-bond donors (Lipinski definition) is 2. The number of fused-ring (bicyclic) bond motifs is 1. The molecule has 1 unspecified atom stereocenters. The van der Waals surface area contributed by atoms with Gasteiger partial charge in [-0.1, -0.05) is 0 Å². The molecular formula is C19H23N7O2S. The molecule has 0 spiro atoms. The number of thiophene rings is 1. The van der Waals surface area contributed by atoms with Crippen LogP contribution in [0.25, 0.3) is 21.6 Å². The first-order valence-corrected chi connectivity index (χ1v) is 10.6. The average Bonchev–Trinajstić information content (AvgIpc) is 3.34. The summed E-state index contributed by atoms with van der Waals surface area (Å²) in [5.74, 6) is 1.76. The Bertz CT molecular complexity index is 1000. The van der Waals surface area contributed by atoms with E-state index in [0.717, 1.165) is 60.7 Å². The van der Waals surface area contributed by atoms with Crippen molar-refractivity contribution in [2.75, 3.05) is 50.0 Å². The lowest BCUT2D eigenvalue weighted by Crippen LogP contribution is -2.37. The zero-order valence-corrected chi connectivity index (χ0v) is 16.8. The Morgan fingerprint density at radius 1 is 1.17 bits per heavy atom. The van der Waals surface area contributed by atoms with Crippen LogP contribution in [0.2, 0.25) is 0 Å². The van der Waals surface area contributed by atoms with E-state index in [1.54, 1.807) is 23.7 Å². The van der Waals surface area contributed by atoms with E-state index in [1.165, 1.54) is 4.88 Å². The number of aliphatic hydroxyl groups is 1. The van der Waals surface area contributed by atoms with E-state index in [4.69, 9.17) is 20.4 Å². The Balaban J connectivity index is 1.55. The number of likely N-dealkylation sites (tertiary alicyclic amines) is 1. The first-order chi connectivity index (χ1) is 14.2. The summed E-state index contributed by atoms with van der Waals surface area (Å²) in [6, 6.07) is 2.19. The van der Waals surface area contributed by atoms with Gasteiger partial charge in [0.2, 0.25) is 5.95 Å². The molecule has 2 aliphatic heterocycles. The van der Waals surface area contributed by atoms with Crippen molar-refractivity contribution < 1.29 is 9.84 Å². The Hall–Kier alpha value is -2.40. The number of rotatable bonds is 4. The molecule has 3 N–H and O–H groups in total. The predicted octanol–water partition coefficient (Wildman–Crippen LogP) is 1.13. The Labute approximate surface area is 172 Å². The Kier molecular flexibility index (Phi) is 5.00. The summed E-state index contributed by atoms with van der Waals surface area (Å²) >= 11 is 1.68. The lowest BCUT2D eigenvalue weighted by atomic mass is 10.2. The van der Waals surface area contributed by atoms with E-state index in [1.807, 2.05) is 0 Å². The maximum atomic E-state index is 9.81. The SMILES string of the molecule is Nc1ncc(-c2nc(N3CCOCC3)c3cc(CN4CCC(O)C4)sc3n2)cn1. The monoisotopic (exact) mass is 413 g/mol. The molecule has 0 aromatic carbocycles. The third-order valence-corrected chi connectivity index (χ3v) is 6.30. The van der Waals surface area contributed by atoms with Crippen molar-refractivity contribution in [1.29, 1.82) is 0 Å². The van der Waals surface area contributed by atoms with Crippen LogP contribution in [-0.4, -0.2) is 75.4 Å². The fourth-order valence-corrected chi connectivity index (χ4v) is 4.87. The maximum absolute atomic E-state index is 9.81. The van der Waals surface area contributed by atoms with Crippen LogP contribution >= 0.6 is 11.3 Å². The van der Waals surface area contributed by atoms with Gasteiger partial charge in [-0.2, -0.15) is 0 Å². The molecule has 0 aliphatic carbocycles. The second kappa shape index (κ2) is 7.79. The fraction of sp³-hybridized carbons (Fsp3) is 0.474. The number of ether oxygens (including phenoxy) is 1. The van der Waals surface area contributed by atoms with E-state index in [0.29, 0.717) is 19.0 Å². The Morgan fingerprint density at radius 2 is 1.97 bits per heavy atom. The molecule has 5 rings (SSSR count). The van der Waals surface area contributed by atoms with Crippen molar-refractivity contribution in [2.45, 2.75) is 19.1 Å². The minimum absolute atomic E-state index is 0.217. The van der Waals surface area contributed by atoms with E-state index >= 15 is 0 Å². The number of nitrogens with two attached hydrogens (primary N) is 1. The van der Waals surface area contributed by atoms with E-state index < -0.39 is 0 Å². The van der Waals surface area contributed by atoms with Crippen molar-refractivity contribution in [3.8, 4) is 11.4 Å². The molecule has 0 amide bonds. The molecule has 3 aromatic rings. The molecule has 0 radical (unpaired) electrons. The van der Waals surface area contributed by atoms with Crippen LogP contribution in [-0.2, 0) is 11.3 Å². The molecule has 0 bridgehead atoms. The minimum Gasteiger partial charge on any atom is -0.392 e. The molecule has 29 heavy (non-hydrogen) atoms. The number of β-amino-alcohol motifs (C(OH)–C–C–N with tert-alkyl or cyclic N) is 1. The second-order valence-corrected chi connectivity index (χ2v) is 8.52. The smallest absolute Gasteiger partial charge is 0.219 e. The van der Waals surface area contributed by atoms with Gasteiger partial charge in [-0.05, 0) is 12.5 Å². The number of morpholine rings is 1. The number of nitrogen functional groups attached to an aromatic ring is 1. The summed E-state index contributed by atoms with van der Waals surface area (Å²) in [6.07, 6.45) is 3.94. The van der Waals surface area contributed by atoms with Crippen molar-refractivity contribution in [3.63, 3.8) is 0 Å². The van der Waals surface area contributed by atoms with Crippen molar-refractivity contribution >= 4 is 33.3 Å². The summed E-state index contributed by atoms with van der Waals surface area (Å²) in [7, 11) is 0. The number of anilines is 2. The molecule has 3 aromatic heterocycles. The molecule has 9 nitrogen and oxygen atoms in total. The molecule has 5 heterocycles. The van der Waals surface area contributed by atoms with Crippen LogP contribution in [0.4, 0.5) is 11.8 Å². The van der Waals surface area contributed by atoms with Crippen LogP contribution in [0.15, 0.2) is 18.5 Å². The van der Waals surface area contributed by atoms with Crippen LogP contribution in [0.5, 0.6) is 0 Å². The number of hydrogen-bond acceptors (Lipinski definition) is 10. The standard InChI is InChI=1S/C19H23N7O2S/c20-19-21-8-12(9-22-19)16-23-17(26-3-5-28-6-4-26)15-7-14(29-18(15)24-16)11-25-2-1-13(27)10-25/h7-9,13,27H,1-6,10-11H2,(H2,20,21,22). The highest BCUT2D eigenvalue weighted by Crippen LogP contribution is 2.34. The van der Waals surface area contributed by atoms with Gasteiger partial charge >= 0.3 is 0 Å². The summed E-state index contributed by atoms with van der Waals surface area (Å²) < 4.78 is 5.52. The third-order valence-electron chi connectivity index (χ3n) is 5.29. The van der Waals surface area contributed by atoms with Crippen molar-refractivity contribution in [1.82, 2.24) is 24.8 Å². The van der Waals surface area contributed by atoms with Gasteiger partial charge in [0.1, 0.15) is 10.6 Å². The zero-order valence-electron chi connectivity index (χ0n) is 16.0. The summed E-state index contributed by atoms with van der Waals surface area (Å²) in [5, 5.41) is 10.9. The van der Waals surface area contributed by atoms with Gasteiger partial charge in [-0.25, -0.2) is 19.9 Å². The number of nitrogens with zero attached hydrogens (tertiary/aromatic N) is 6. The fourth-order valence-electron chi connectivity index (χ4n) is 3.81. The Morgan fingerprint density at radius 3 is 2.69 bits per heavy atom. The molecule has 10 heteroatoms. The lowest BCUT2D eigenvalue weighted by molar-refractivity contribution is 0.122. The maximum Gasteiger partial charge on any atom is 0.219 e. The van der Waals surface area contributed by atoms with E-state index in [9.17, 15) is 5.11 Å². The van der Waals surface area contributed by atoms with Crippen molar-refractivity contribution in [3.05, 3.63) is 23.3 Å².